The number of aromatic nitrogens is 1. The summed E-state index contributed by atoms with van der Waals surface area (Å²) >= 11 is 0. The number of nitrogens with one attached hydrogen (secondary N) is 1. The highest BCUT2D eigenvalue weighted by molar-refractivity contribution is 5.94. The van der Waals surface area contributed by atoms with Gasteiger partial charge in [-0.3, -0.25) is 5.32 Å². The predicted molar refractivity (Wildman–Crippen MR) is 119 cm³/mol. The van der Waals surface area contributed by atoms with Gasteiger partial charge in [-0.15, -0.1) is 0 Å². The maximum absolute atomic E-state index is 14.3. The molecule has 0 radical (unpaired) electrons. The number of hydrogen-bond acceptors (Lipinski definition) is 3. The molecule has 0 spiro atoms. The van der Waals surface area contributed by atoms with E-state index < -0.39 is 17.8 Å². The van der Waals surface area contributed by atoms with E-state index in [2.05, 4.69) is 5.32 Å². The van der Waals surface area contributed by atoms with Gasteiger partial charge in [-0.05, 0) is 74.8 Å². The first-order valence-electron chi connectivity index (χ1n) is 11.2. The molecule has 3 aromatic rings. The van der Waals surface area contributed by atoms with E-state index in [9.17, 15) is 23.1 Å². The first-order chi connectivity index (χ1) is 15.7. The lowest BCUT2D eigenvalue weighted by molar-refractivity contribution is -0.135. The molecule has 5 nitrogen and oxygen atoms in total. The molecule has 1 atom stereocenters. The zero-order valence-corrected chi connectivity index (χ0v) is 18.2. The third-order valence-corrected chi connectivity index (χ3v) is 6.69. The number of amides is 1. The number of halogens is 3. The monoisotopic (exact) mass is 458 g/mol. The summed E-state index contributed by atoms with van der Waals surface area (Å²) in [5.74, 6) is 0.339. The van der Waals surface area contributed by atoms with Crippen LogP contribution in [0.5, 0.6) is 5.75 Å². The Hall–Kier alpha value is -3.16. The quantitative estimate of drug-likeness (QED) is 0.428. The van der Waals surface area contributed by atoms with Gasteiger partial charge in [0.15, 0.2) is 0 Å². The number of phenolic OH excluding ortho intramolecular Hbond substituents is 1. The number of hydrogen-bond donors (Lipinski definition) is 2. The molecule has 1 aromatic heterocycles. The van der Waals surface area contributed by atoms with E-state index in [0.29, 0.717) is 22.7 Å². The first kappa shape index (κ1) is 21.7. The maximum atomic E-state index is 14.3. The Morgan fingerprint density at radius 3 is 2.39 bits per heavy atom. The van der Waals surface area contributed by atoms with Crippen LogP contribution in [0.4, 0.5) is 23.7 Å². The van der Waals surface area contributed by atoms with Gasteiger partial charge in [0.1, 0.15) is 11.9 Å². The van der Waals surface area contributed by atoms with E-state index in [1.165, 1.54) is 18.2 Å². The van der Waals surface area contributed by atoms with Gasteiger partial charge in [-0.2, -0.15) is 13.2 Å². The fraction of sp³-hybridized carbons (Fsp3) is 0.400. The second-order valence-corrected chi connectivity index (χ2v) is 9.03. The van der Waals surface area contributed by atoms with E-state index in [4.69, 9.17) is 4.74 Å². The van der Waals surface area contributed by atoms with Crippen molar-refractivity contribution in [1.29, 1.82) is 0 Å². The third kappa shape index (κ3) is 4.14. The van der Waals surface area contributed by atoms with E-state index >= 15 is 0 Å². The largest absolute Gasteiger partial charge is 0.508 e. The molecule has 2 N–H and O–H groups in total. The molecular formula is C25H25F3N2O3. The second-order valence-electron chi connectivity index (χ2n) is 9.03. The van der Waals surface area contributed by atoms with Gasteiger partial charge >= 0.3 is 12.3 Å². The van der Waals surface area contributed by atoms with Gasteiger partial charge in [0, 0.05) is 23.2 Å². The molecule has 2 aliphatic rings. The standard InChI is InChI=1S/C25H25F3N2O3/c1-14(15-5-6-15)33-24(32)29-17-9-7-16(8-10-17)23-22(25(26,27)28)20-12-11-19(31)13-21(20)30(23)18-3-2-4-18/h7-15,18,31H,2-6H2,1H3,(H,29,32). The first-order valence-corrected chi connectivity index (χ1v) is 11.2. The van der Waals surface area contributed by atoms with Crippen LogP contribution in [0.3, 0.4) is 0 Å². The van der Waals surface area contributed by atoms with Crippen LogP contribution in [-0.2, 0) is 10.9 Å². The molecule has 1 amide bonds. The molecule has 2 saturated carbocycles. The van der Waals surface area contributed by atoms with E-state index in [1.807, 2.05) is 6.92 Å². The number of aromatic hydroxyl groups is 1. The minimum atomic E-state index is -4.57. The van der Waals surface area contributed by atoms with Crippen LogP contribution in [0.2, 0.25) is 0 Å². The summed E-state index contributed by atoms with van der Waals surface area (Å²) in [5.41, 5.74) is 0.605. The lowest BCUT2D eigenvalue weighted by atomic mass is 9.92. The van der Waals surface area contributed by atoms with Crippen molar-refractivity contribution < 1.29 is 27.8 Å². The average molecular weight is 458 g/mol. The Morgan fingerprint density at radius 2 is 1.82 bits per heavy atom. The fourth-order valence-electron chi connectivity index (χ4n) is 4.58. The van der Waals surface area contributed by atoms with Crippen LogP contribution in [-0.4, -0.2) is 21.9 Å². The molecule has 0 saturated heterocycles. The van der Waals surface area contributed by atoms with Crippen LogP contribution in [0.15, 0.2) is 42.5 Å². The number of benzene rings is 2. The van der Waals surface area contributed by atoms with Gasteiger partial charge in [-0.25, -0.2) is 4.79 Å². The van der Waals surface area contributed by atoms with Crippen molar-refractivity contribution in [3.05, 3.63) is 48.0 Å². The zero-order chi connectivity index (χ0) is 23.3. The molecule has 33 heavy (non-hydrogen) atoms. The smallest absolute Gasteiger partial charge is 0.419 e. The fourth-order valence-corrected chi connectivity index (χ4v) is 4.58. The number of phenols is 1. The van der Waals surface area contributed by atoms with Crippen molar-refractivity contribution in [2.75, 3.05) is 5.32 Å². The molecule has 5 rings (SSSR count). The predicted octanol–water partition coefficient (Wildman–Crippen LogP) is 7.10. The molecule has 8 heteroatoms. The van der Waals surface area contributed by atoms with Crippen LogP contribution in [0, 0.1) is 5.92 Å². The number of carbonyl (C=O) groups is 1. The van der Waals surface area contributed by atoms with E-state index in [1.54, 1.807) is 28.8 Å². The summed E-state index contributed by atoms with van der Waals surface area (Å²) in [6.45, 7) is 1.86. The van der Waals surface area contributed by atoms with Crippen molar-refractivity contribution in [2.45, 2.75) is 57.3 Å². The average Bonchev–Trinajstić information content (AvgIpc) is 3.50. The molecule has 2 aliphatic carbocycles. The Bertz CT molecular complexity index is 1190. The Kier molecular flexibility index (Phi) is 5.26. The lowest BCUT2D eigenvalue weighted by Gasteiger charge is -2.30. The molecule has 1 unspecified atom stereocenters. The van der Waals surface area contributed by atoms with Gasteiger partial charge in [0.25, 0.3) is 0 Å². The topological polar surface area (TPSA) is 63.5 Å². The van der Waals surface area contributed by atoms with Crippen molar-refractivity contribution in [2.24, 2.45) is 5.92 Å². The Balaban J connectivity index is 1.53. The summed E-state index contributed by atoms with van der Waals surface area (Å²) < 4.78 is 49.8. The van der Waals surface area contributed by atoms with Crippen LogP contribution in [0.25, 0.3) is 22.2 Å². The molecule has 0 aliphatic heterocycles. The Labute approximate surface area is 189 Å². The van der Waals surface area contributed by atoms with Crippen molar-refractivity contribution in [3.63, 3.8) is 0 Å². The molecule has 174 valence electrons. The molecule has 2 aromatic carbocycles. The second kappa shape index (κ2) is 8.01. The number of anilines is 1. The van der Waals surface area contributed by atoms with Crippen LogP contribution in [0.1, 0.15) is 50.6 Å². The number of ether oxygens (including phenoxy) is 1. The zero-order valence-electron chi connectivity index (χ0n) is 18.2. The number of rotatable bonds is 5. The van der Waals surface area contributed by atoms with Crippen LogP contribution < -0.4 is 5.32 Å². The number of fused-ring (bicyclic) bond motifs is 1. The summed E-state index contributed by atoms with van der Waals surface area (Å²) in [5, 5.41) is 12.7. The highest BCUT2D eigenvalue weighted by Gasteiger charge is 2.40. The van der Waals surface area contributed by atoms with Crippen LogP contribution >= 0.6 is 0 Å². The lowest BCUT2D eigenvalue weighted by Crippen LogP contribution is -2.21. The van der Waals surface area contributed by atoms with E-state index in [-0.39, 0.29) is 29.0 Å². The number of carbonyl (C=O) groups excluding carboxylic acids is 1. The number of nitrogens with zero attached hydrogens (tertiary/aromatic N) is 1. The summed E-state index contributed by atoms with van der Waals surface area (Å²) in [6, 6.07) is 10.3. The number of alkyl halides is 3. The highest BCUT2D eigenvalue weighted by atomic mass is 19.4. The third-order valence-electron chi connectivity index (χ3n) is 6.69. The molecular weight excluding hydrogens is 433 g/mol. The normalized spacial score (nSPS) is 17.6. The van der Waals surface area contributed by atoms with Crippen molar-refractivity contribution in [1.82, 2.24) is 4.57 Å². The van der Waals surface area contributed by atoms with Gasteiger partial charge < -0.3 is 14.4 Å². The molecule has 1 heterocycles. The summed E-state index contributed by atoms with van der Waals surface area (Å²) in [4.78, 5) is 12.1. The van der Waals surface area contributed by atoms with E-state index in [0.717, 1.165) is 32.1 Å². The SMILES string of the molecule is CC(OC(=O)Nc1ccc(-c2c(C(F)(F)F)c3ccc(O)cc3n2C2CCC2)cc1)C1CC1. The van der Waals surface area contributed by atoms with Gasteiger partial charge in [0.05, 0.1) is 16.8 Å². The molecule has 0 bridgehead atoms. The maximum Gasteiger partial charge on any atom is 0.419 e. The summed E-state index contributed by atoms with van der Waals surface area (Å²) in [6.07, 6.45) is -0.670. The highest BCUT2D eigenvalue weighted by Crippen LogP contribution is 2.48. The Morgan fingerprint density at radius 1 is 1.12 bits per heavy atom. The van der Waals surface area contributed by atoms with Crippen molar-refractivity contribution in [3.8, 4) is 17.0 Å². The minimum Gasteiger partial charge on any atom is -0.508 e. The van der Waals surface area contributed by atoms with Gasteiger partial charge in [-0.1, -0.05) is 12.1 Å². The van der Waals surface area contributed by atoms with Crippen molar-refractivity contribution >= 4 is 22.7 Å². The van der Waals surface area contributed by atoms with Gasteiger partial charge in [0.2, 0.25) is 0 Å². The minimum absolute atomic E-state index is 0.0582. The molecule has 2 fully saturated rings. The summed E-state index contributed by atoms with van der Waals surface area (Å²) in [7, 11) is 0.